The topological polar surface area (TPSA) is 24.8 Å². The van der Waals surface area contributed by atoms with E-state index in [9.17, 15) is 0 Å². The van der Waals surface area contributed by atoms with Crippen LogP contribution in [0.1, 0.15) is 33.1 Å². The molecule has 0 unspecified atom stereocenters. The minimum absolute atomic E-state index is 0.878. The standard InChI is InChI=1S/C12H20N2O/c1-4-6-10-14(9-5-2)12-8-7-11(3)15-13-12/h4,7H,1,5-6,8-10H2,2-3H3. The number of nitrogens with zero attached hydrogens (tertiary/aromatic N) is 2. The van der Waals surface area contributed by atoms with E-state index in [4.69, 9.17) is 4.84 Å². The van der Waals surface area contributed by atoms with Crippen LogP contribution in [0.3, 0.4) is 0 Å². The Morgan fingerprint density at radius 1 is 1.60 bits per heavy atom. The van der Waals surface area contributed by atoms with Crippen LogP contribution in [0.4, 0.5) is 0 Å². The highest BCUT2D eigenvalue weighted by molar-refractivity contribution is 5.83. The van der Waals surface area contributed by atoms with E-state index in [1.54, 1.807) is 0 Å². The zero-order valence-corrected chi connectivity index (χ0v) is 9.70. The predicted molar refractivity (Wildman–Crippen MR) is 63.6 cm³/mol. The first kappa shape index (κ1) is 11.8. The fourth-order valence-electron chi connectivity index (χ4n) is 1.51. The molecule has 0 N–H and O–H groups in total. The van der Waals surface area contributed by atoms with Crippen LogP contribution in [-0.2, 0) is 4.84 Å². The zero-order valence-electron chi connectivity index (χ0n) is 9.70. The van der Waals surface area contributed by atoms with E-state index in [1.807, 2.05) is 13.0 Å². The fourth-order valence-corrected chi connectivity index (χ4v) is 1.51. The van der Waals surface area contributed by atoms with E-state index >= 15 is 0 Å². The molecule has 0 bridgehead atoms. The summed E-state index contributed by atoms with van der Waals surface area (Å²) in [5.41, 5.74) is 0. The van der Waals surface area contributed by atoms with Crippen molar-refractivity contribution < 1.29 is 4.84 Å². The molecule has 0 aromatic rings. The highest BCUT2D eigenvalue weighted by Gasteiger charge is 2.12. The normalized spacial score (nSPS) is 15.1. The summed E-state index contributed by atoms with van der Waals surface area (Å²) in [6.45, 7) is 9.85. The summed E-state index contributed by atoms with van der Waals surface area (Å²) in [4.78, 5) is 7.45. The van der Waals surface area contributed by atoms with Crippen molar-refractivity contribution in [1.82, 2.24) is 4.90 Å². The van der Waals surface area contributed by atoms with E-state index in [0.717, 1.165) is 43.9 Å². The predicted octanol–water partition coefficient (Wildman–Crippen LogP) is 2.91. The Kier molecular flexibility index (Phi) is 4.95. The molecule has 84 valence electrons. The lowest BCUT2D eigenvalue weighted by Gasteiger charge is -2.25. The highest BCUT2D eigenvalue weighted by atomic mass is 16.6. The Bertz CT molecular complexity index is 269. The van der Waals surface area contributed by atoms with Crippen LogP contribution >= 0.6 is 0 Å². The Morgan fingerprint density at radius 3 is 2.93 bits per heavy atom. The number of hydrogen-bond donors (Lipinski definition) is 0. The van der Waals surface area contributed by atoms with Gasteiger partial charge in [-0.05, 0) is 25.8 Å². The maximum Gasteiger partial charge on any atom is 0.149 e. The molecule has 1 heterocycles. The summed E-state index contributed by atoms with van der Waals surface area (Å²) in [7, 11) is 0. The van der Waals surface area contributed by atoms with Crippen LogP contribution in [-0.4, -0.2) is 23.8 Å². The molecular formula is C12H20N2O. The average Bonchev–Trinajstić information content (AvgIpc) is 2.25. The van der Waals surface area contributed by atoms with Gasteiger partial charge in [0, 0.05) is 19.5 Å². The Balaban J connectivity index is 2.52. The first-order valence-corrected chi connectivity index (χ1v) is 5.54. The van der Waals surface area contributed by atoms with Crippen LogP contribution in [0.5, 0.6) is 0 Å². The van der Waals surface area contributed by atoms with Gasteiger partial charge in [-0.1, -0.05) is 18.2 Å². The van der Waals surface area contributed by atoms with Crippen molar-refractivity contribution in [2.24, 2.45) is 5.16 Å². The molecule has 0 radical (unpaired) electrons. The molecule has 3 nitrogen and oxygen atoms in total. The lowest BCUT2D eigenvalue weighted by molar-refractivity contribution is 0.211. The van der Waals surface area contributed by atoms with Crippen LogP contribution < -0.4 is 0 Å². The number of oxime groups is 1. The SMILES string of the molecule is C=CCCN(CCC)C1=NOC(C)=CC1. The van der Waals surface area contributed by atoms with E-state index < -0.39 is 0 Å². The molecular weight excluding hydrogens is 188 g/mol. The maximum atomic E-state index is 5.18. The van der Waals surface area contributed by atoms with Crippen molar-refractivity contribution >= 4 is 5.84 Å². The summed E-state index contributed by atoms with van der Waals surface area (Å²) < 4.78 is 0. The summed E-state index contributed by atoms with van der Waals surface area (Å²) in [5, 5.41) is 4.12. The second-order valence-electron chi connectivity index (χ2n) is 3.68. The van der Waals surface area contributed by atoms with Gasteiger partial charge in [0.25, 0.3) is 0 Å². The number of rotatable bonds is 5. The molecule has 0 saturated carbocycles. The molecule has 0 aromatic carbocycles. The second-order valence-corrected chi connectivity index (χ2v) is 3.68. The lowest BCUT2D eigenvalue weighted by Crippen LogP contribution is -2.33. The number of amidine groups is 1. The first-order chi connectivity index (χ1) is 7.27. The summed E-state index contributed by atoms with van der Waals surface area (Å²) in [5.74, 6) is 1.92. The van der Waals surface area contributed by atoms with E-state index in [1.165, 1.54) is 0 Å². The van der Waals surface area contributed by atoms with Gasteiger partial charge in [0.2, 0.25) is 0 Å². The summed E-state index contributed by atoms with van der Waals surface area (Å²) in [6, 6.07) is 0. The number of allylic oxidation sites excluding steroid dienone is 1. The van der Waals surface area contributed by atoms with Crippen molar-refractivity contribution in [3.8, 4) is 0 Å². The lowest BCUT2D eigenvalue weighted by atomic mass is 10.2. The molecule has 0 saturated heterocycles. The van der Waals surface area contributed by atoms with E-state index in [-0.39, 0.29) is 0 Å². The molecule has 0 fully saturated rings. The molecule has 15 heavy (non-hydrogen) atoms. The van der Waals surface area contributed by atoms with Gasteiger partial charge in [0.05, 0.1) is 0 Å². The third kappa shape index (κ3) is 3.78. The molecule has 1 aliphatic rings. The van der Waals surface area contributed by atoms with Crippen LogP contribution in [0.15, 0.2) is 29.6 Å². The van der Waals surface area contributed by atoms with Gasteiger partial charge in [-0.15, -0.1) is 6.58 Å². The molecule has 3 heteroatoms. The Labute approximate surface area is 92.1 Å². The van der Waals surface area contributed by atoms with Crippen molar-refractivity contribution in [3.05, 3.63) is 24.5 Å². The van der Waals surface area contributed by atoms with Gasteiger partial charge in [0.1, 0.15) is 11.6 Å². The first-order valence-electron chi connectivity index (χ1n) is 5.54. The smallest absolute Gasteiger partial charge is 0.149 e. The molecule has 1 aliphatic heterocycles. The molecule has 0 atom stereocenters. The monoisotopic (exact) mass is 208 g/mol. The van der Waals surface area contributed by atoms with Gasteiger partial charge in [-0.2, -0.15) is 0 Å². The zero-order chi connectivity index (χ0) is 11.1. The van der Waals surface area contributed by atoms with Gasteiger partial charge in [-0.25, -0.2) is 0 Å². The minimum Gasteiger partial charge on any atom is -0.360 e. The summed E-state index contributed by atoms with van der Waals surface area (Å²) in [6.07, 6.45) is 7.00. The second kappa shape index (κ2) is 6.27. The Hall–Kier alpha value is -1.25. The van der Waals surface area contributed by atoms with Crippen molar-refractivity contribution in [2.75, 3.05) is 13.1 Å². The van der Waals surface area contributed by atoms with Crippen LogP contribution in [0.2, 0.25) is 0 Å². The van der Waals surface area contributed by atoms with Crippen molar-refractivity contribution in [1.29, 1.82) is 0 Å². The van der Waals surface area contributed by atoms with Crippen LogP contribution in [0.25, 0.3) is 0 Å². The molecule has 1 rings (SSSR count). The quantitative estimate of drug-likeness (QED) is 0.649. The largest absolute Gasteiger partial charge is 0.360 e. The molecule has 0 aliphatic carbocycles. The highest BCUT2D eigenvalue weighted by Crippen LogP contribution is 2.11. The third-order valence-electron chi connectivity index (χ3n) is 2.33. The van der Waals surface area contributed by atoms with Gasteiger partial charge >= 0.3 is 0 Å². The van der Waals surface area contributed by atoms with Crippen molar-refractivity contribution in [2.45, 2.75) is 33.1 Å². The van der Waals surface area contributed by atoms with E-state index in [2.05, 4.69) is 29.6 Å². The molecule has 0 spiro atoms. The molecule has 0 amide bonds. The van der Waals surface area contributed by atoms with Gasteiger partial charge in [-0.3, -0.25) is 0 Å². The minimum atomic E-state index is 0.878. The summed E-state index contributed by atoms with van der Waals surface area (Å²) >= 11 is 0. The third-order valence-corrected chi connectivity index (χ3v) is 2.33. The number of hydrogen-bond acceptors (Lipinski definition) is 3. The average molecular weight is 208 g/mol. The maximum absolute atomic E-state index is 5.18. The van der Waals surface area contributed by atoms with Crippen molar-refractivity contribution in [3.63, 3.8) is 0 Å². The van der Waals surface area contributed by atoms with E-state index in [0.29, 0.717) is 0 Å². The van der Waals surface area contributed by atoms with Crippen LogP contribution in [0, 0.1) is 0 Å². The Morgan fingerprint density at radius 2 is 2.40 bits per heavy atom. The molecule has 0 aromatic heterocycles. The fraction of sp³-hybridized carbons (Fsp3) is 0.583. The van der Waals surface area contributed by atoms with Gasteiger partial charge < -0.3 is 9.74 Å². The van der Waals surface area contributed by atoms with Gasteiger partial charge in [0.15, 0.2) is 0 Å².